The van der Waals surface area contributed by atoms with Crippen LogP contribution < -0.4 is 0 Å². The maximum Gasteiger partial charge on any atom is 0.312 e. The Balaban J connectivity index is 1.20. The summed E-state index contributed by atoms with van der Waals surface area (Å²) in [7, 11) is 0. The molecule has 51 heavy (non-hydrogen) atoms. The Hall–Kier alpha value is -3.88. The van der Waals surface area contributed by atoms with E-state index in [1.807, 2.05) is 6.92 Å². The summed E-state index contributed by atoms with van der Waals surface area (Å²) in [6.07, 6.45) is 2.10. The minimum absolute atomic E-state index is 0.0300. The van der Waals surface area contributed by atoms with Crippen LogP contribution >= 0.6 is 0 Å². The Morgan fingerprint density at radius 1 is 0.824 bits per heavy atom. The van der Waals surface area contributed by atoms with Crippen molar-refractivity contribution in [2.45, 2.75) is 144 Å². The molecule has 11 atom stereocenters. The first-order valence-electron chi connectivity index (χ1n) is 17.9. The quantitative estimate of drug-likeness (QED) is 0.278. The van der Waals surface area contributed by atoms with Crippen molar-refractivity contribution in [3.05, 3.63) is 11.9 Å². The average molecular weight is 716 g/mol. The van der Waals surface area contributed by atoms with Crippen LogP contribution in [0.1, 0.15) is 118 Å². The van der Waals surface area contributed by atoms with Gasteiger partial charge in [-0.25, -0.2) is 4.68 Å². The van der Waals surface area contributed by atoms with E-state index in [1.54, 1.807) is 0 Å². The molecule has 1 aromatic heterocycles. The standard InChI is InChI=1S/C36H49N3O12/c1-19(40)47-27-28(48-20(2)41)30(51-31(50-22(4)43)29(27)49-21(3)42)39-16-23(37-38-39)17-46-32(45)35(7)12-8-11-34(6)24(35)10-14-36-15-26(44)33(5,18-36)13-9-25(34)36/h16,24-25,27-31H,8-15,17-18H2,1-7H3/t24-,25+,27+,28-,29+,30-,31+,33-,34+,35+,36-/m0/s1. The monoisotopic (exact) mass is 715 g/mol. The Kier molecular flexibility index (Phi) is 9.60. The van der Waals surface area contributed by atoms with Gasteiger partial charge in [-0.1, -0.05) is 25.5 Å². The smallest absolute Gasteiger partial charge is 0.312 e. The highest BCUT2D eigenvalue weighted by molar-refractivity contribution is 5.88. The molecule has 15 heteroatoms. The van der Waals surface area contributed by atoms with Crippen LogP contribution in [0.2, 0.25) is 0 Å². The predicted octanol–water partition coefficient (Wildman–Crippen LogP) is 3.91. The fourth-order valence-electron chi connectivity index (χ4n) is 10.8. The zero-order chi connectivity index (χ0) is 37.1. The van der Waals surface area contributed by atoms with Crippen molar-refractivity contribution in [1.82, 2.24) is 15.0 Å². The summed E-state index contributed by atoms with van der Waals surface area (Å²) in [6.45, 7) is 10.8. The van der Waals surface area contributed by atoms with Crippen molar-refractivity contribution < 1.29 is 57.2 Å². The molecular formula is C36H49N3O12. The number of carbonyl (C=O) groups is 6. The first kappa shape index (κ1) is 36.9. The normalized spacial score (nSPS) is 39.9. The van der Waals surface area contributed by atoms with Crippen LogP contribution in [0.5, 0.6) is 0 Å². The van der Waals surface area contributed by atoms with E-state index in [1.165, 1.54) is 10.9 Å². The lowest BCUT2D eigenvalue weighted by Crippen LogP contribution is -2.60. The molecule has 15 nitrogen and oxygen atoms in total. The van der Waals surface area contributed by atoms with Gasteiger partial charge in [0, 0.05) is 39.5 Å². The largest absolute Gasteiger partial charge is 0.459 e. The number of Topliss-reactive ketones (excluding diaryl/α,β-unsaturated/α-hetero) is 1. The molecule has 1 aromatic rings. The number of carbonyl (C=O) groups excluding carboxylic acids is 6. The summed E-state index contributed by atoms with van der Waals surface area (Å²) < 4.78 is 34.6. The first-order valence-corrected chi connectivity index (χ1v) is 17.9. The van der Waals surface area contributed by atoms with Gasteiger partial charge in [0.2, 0.25) is 12.4 Å². The van der Waals surface area contributed by atoms with E-state index in [0.29, 0.717) is 24.5 Å². The number of ether oxygens (including phenoxy) is 6. The molecule has 0 radical (unpaired) electrons. The van der Waals surface area contributed by atoms with Gasteiger partial charge in [-0.15, -0.1) is 5.10 Å². The number of aromatic nitrogens is 3. The Morgan fingerprint density at radius 3 is 2.12 bits per heavy atom. The summed E-state index contributed by atoms with van der Waals surface area (Å²) in [5.41, 5.74) is -0.723. The number of ketones is 1. The van der Waals surface area contributed by atoms with E-state index in [4.69, 9.17) is 28.4 Å². The SMILES string of the molecule is CC(=O)O[C@@H]1O[C@H](n2cc(COC(=O)[C@]3(C)CCC[C@@]4(C)[C@H]5CC[C@@]6(C)C[C@]5(CC[C@@H]43)CC6=O)nn2)[C@@H](OC(C)=O)[C@@H](OC(C)=O)[C@H]1OC(C)=O. The molecule has 5 fully saturated rings. The number of hydrogen-bond acceptors (Lipinski definition) is 14. The van der Waals surface area contributed by atoms with E-state index in [2.05, 4.69) is 24.2 Å². The summed E-state index contributed by atoms with van der Waals surface area (Å²) in [6, 6.07) is 0. The molecule has 0 amide bonds. The van der Waals surface area contributed by atoms with Gasteiger partial charge in [-0.05, 0) is 74.5 Å². The molecule has 4 aliphatic carbocycles. The number of hydrogen-bond donors (Lipinski definition) is 0. The Morgan fingerprint density at radius 2 is 1.45 bits per heavy atom. The lowest BCUT2D eigenvalue weighted by atomic mass is 9.40. The van der Waals surface area contributed by atoms with E-state index < -0.39 is 60.1 Å². The van der Waals surface area contributed by atoms with Crippen molar-refractivity contribution in [3.8, 4) is 0 Å². The number of fused-ring (bicyclic) bond motifs is 3. The van der Waals surface area contributed by atoms with Gasteiger partial charge in [0.1, 0.15) is 18.1 Å². The van der Waals surface area contributed by atoms with Gasteiger partial charge in [0.15, 0.2) is 18.4 Å². The van der Waals surface area contributed by atoms with E-state index in [9.17, 15) is 28.8 Å². The summed E-state index contributed by atoms with van der Waals surface area (Å²) >= 11 is 0. The van der Waals surface area contributed by atoms with Crippen molar-refractivity contribution in [2.75, 3.05) is 0 Å². The first-order chi connectivity index (χ1) is 23.9. The Bertz CT molecular complexity index is 1610. The molecule has 4 saturated carbocycles. The highest BCUT2D eigenvalue weighted by Gasteiger charge is 2.68. The highest BCUT2D eigenvalue weighted by Crippen LogP contribution is 2.73. The van der Waals surface area contributed by atoms with E-state index in [0.717, 1.165) is 72.6 Å². The fourth-order valence-corrected chi connectivity index (χ4v) is 10.8. The second kappa shape index (κ2) is 13.3. The molecule has 1 spiro atoms. The summed E-state index contributed by atoms with van der Waals surface area (Å²) in [4.78, 5) is 75.5. The molecule has 2 heterocycles. The van der Waals surface area contributed by atoms with Crippen LogP contribution in [-0.4, -0.2) is 75.2 Å². The molecule has 0 N–H and O–H groups in total. The van der Waals surface area contributed by atoms with Crippen LogP contribution in [0, 0.1) is 33.5 Å². The molecule has 5 aliphatic rings. The maximum atomic E-state index is 14.1. The summed E-state index contributed by atoms with van der Waals surface area (Å²) in [5, 5.41) is 8.27. The third-order valence-electron chi connectivity index (χ3n) is 12.7. The van der Waals surface area contributed by atoms with Crippen LogP contribution in [0.25, 0.3) is 0 Å². The highest BCUT2D eigenvalue weighted by atomic mass is 16.7. The van der Waals surface area contributed by atoms with Crippen molar-refractivity contribution in [2.24, 2.45) is 33.5 Å². The molecule has 1 saturated heterocycles. The maximum absolute atomic E-state index is 14.1. The molecule has 0 unspecified atom stereocenters. The van der Waals surface area contributed by atoms with Crippen molar-refractivity contribution in [1.29, 1.82) is 0 Å². The zero-order valence-corrected chi connectivity index (χ0v) is 30.4. The molecule has 1 aliphatic heterocycles. The Labute approximate surface area is 296 Å². The van der Waals surface area contributed by atoms with Gasteiger partial charge in [0.25, 0.3) is 0 Å². The lowest BCUT2D eigenvalue weighted by molar-refractivity contribution is -0.313. The molecule has 6 rings (SSSR count). The lowest BCUT2D eigenvalue weighted by Gasteiger charge is -2.63. The topological polar surface area (TPSA) is 189 Å². The van der Waals surface area contributed by atoms with Crippen LogP contribution in [0.4, 0.5) is 0 Å². The second-order valence-electron chi connectivity index (χ2n) is 16.2. The van der Waals surface area contributed by atoms with E-state index >= 15 is 0 Å². The van der Waals surface area contributed by atoms with Crippen LogP contribution in [0.15, 0.2) is 6.20 Å². The third kappa shape index (κ3) is 6.54. The van der Waals surface area contributed by atoms with Gasteiger partial charge in [-0.3, -0.25) is 28.8 Å². The van der Waals surface area contributed by atoms with Crippen LogP contribution in [0.3, 0.4) is 0 Å². The van der Waals surface area contributed by atoms with Crippen molar-refractivity contribution >= 4 is 35.6 Å². The number of esters is 5. The van der Waals surface area contributed by atoms with Gasteiger partial charge in [0.05, 0.1) is 11.6 Å². The number of nitrogens with zero attached hydrogens (tertiary/aromatic N) is 3. The predicted molar refractivity (Wildman–Crippen MR) is 172 cm³/mol. The van der Waals surface area contributed by atoms with Gasteiger partial charge < -0.3 is 28.4 Å². The third-order valence-corrected chi connectivity index (χ3v) is 12.7. The fraction of sp³-hybridized carbons (Fsp3) is 0.778. The molecule has 0 aromatic carbocycles. The average Bonchev–Trinajstić information content (AvgIpc) is 3.56. The van der Waals surface area contributed by atoms with Crippen LogP contribution in [-0.2, 0) is 63.8 Å². The zero-order valence-electron chi connectivity index (χ0n) is 30.4. The summed E-state index contributed by atoms with van der Waals surface area (Å²) in [5.74, 6) is -2.54. The minimum atomic E-state index is -1.58. The molecular weight excluding hydrogens is 666 g/mol. The van der Waals surface area contributed by atoms with Crippen molar-refractivity contribution in [3.63, 3.8) is 0 Å². The van der Waals surface area contributed by atoms with E-state index in [-0.39, 0.29) is 40.4 Å². The van der Waals surface area contributed by atoms with Gasteiger partial charge >= 0.3 is 29.8 Å². The minimum Gasteiger partial charge on any atom is -0.459 e. The van der Waals surface area contributed by atoms with Gasteiger partial charge in [-0.2, -0.15) is 0 Å². The molecule has 280 valence electrons. The number of rotatable bonds is 8. The second-order valence-corrected chi connectivity index (χ2v) is 16.2. The molecule has 2 bridgehead atoms.